The largest absolute Gasteiger partial charge is 0.401 e. The lowest BCUT2D eigenvalue weighted by atomic mass is 10.3. The number of aliphatic imine (C=N–C) groups is 1. The van der Waals surface area contributed by atoms with E-state index in [0.29, 0.717) is 13.0 Å². The Morgan fingerprint density at radius 3 is 2.61 bits per heavy atom. The smallest absolute Gasteiger partial charge is 0.355 e. The molecule has 2 rings (SSSR count). The van der Waals surface area contributed by atoms with Gasteiger partial charge in [-0.2, -0.15) is 13.2 Å². The maximum atomic E-state index is 13.6. The zero-order valence-corrected chi connectivity index (χ0v) is 18.3. The monoisotopic (exact) mass is 538 g/mol. The quantitative estimate of drug-likeness (QED) is 0.251. The van der Waals surface area contributed by atoms with Crippen molar-refractivity contribution >= 4 is 39.8 Å². The molecular weight excluding hydrogens is 515 g/mol. The summed E-state index contributed by atoms with van der Waals surface area (Å²) in [6, 6.07) is 4.90. The van der Waals surface area contributed by atoms with Crippen molar-refractivity contribution < 1.29 is 26.0 Å². The van der Waals surface area contributed by atoms with Gasteiger partial charge in [-0.05, 0) is 18.6 Å². The van der Waals surface area contributed by atoms with E-state index in [1.165, 1.54) is 30.1 Å². The summed E-state index contributed by atoms with van der Waals surface area (Å²) < 4.78 is 75.3. The van der Waals surface area contributed by atoms with Gasteiger partial charge >= 0.3 is 6.18 Å². The third kappa shape index (κ3) is 7.70. The van der Waals surface area contributed by atoms with Crippen LogP contribution in [0.25, 0.3) is 0 Å². The summed E-state index contributed by atoms with van der Waals surface area (Å²) in [4.78, 5) is 4.88. The third-order valence-corrected chi connectivity index (χ3v) is 5.82. The molecule has 1 fully saturated rings. The zero-order valence-electron chi connectivity index (χ0n) is 15.2. The summed E-state index contributed by atoms with van der Waals surface area (Å²) in [5, 5.41) is 5.78. The van der Waals surface area contributed by atoms with Crippen molar-refractivity contribution in [3.63, 3.8) is 0 Å². The fraction of sp³-hybridized carbons (Fsp3) is 0.562. The van der Waals surface area contributed by atoms with E-state index in [9.17, 15) is 26.0 Å². The van der Waals surface area contributed by atoms with Crippen molar-refractivity contribution in [2.45, 2.75) is 23.5 Å². The Labute approximate surface area is 178 Å². The molecule has 0 aromatic heterocycles. The fourth-order valence-corrected chi connectivity index (χ4v) is 4.09. The highest BCUT2D eigenvalue weighted by molar-refractivity contribution is 14.0. The Hall–Kier alpha value is -1.15. The second-order valence-electron chi connectivity index (χ2n) is 6.23. The minimum absolute atomic E-state index is 0. The number of sulfone groups is 1. The Balaban J connectivity index is 0.00000392. The molecule has 0 amide bonds. The Morgan fingerprint density at radius 2 is 2.00 bits per heavy atom. The molecule has 1 heterocycles. The summed E-state index contributed by atoms with van der Waals surface area (Å²) in [6.45, 7) is -0.447. The number of halogens is 5. The Morgan fingerprint density at radius 1 is 1.32 bits per heavy atom. The summed E-state index contributed by atoms with van der Waals surface area (Å²) in [5.74, 6) is -0.868. The van der Waals surface area contributed by atoms with Gasteiger partial charge in [-0.25, -0.2) is 12.8 Å². The number of benzene rings is 1. The predicted molar refractivity (Wildman–Crippen MR) is 109 cm³/mol. The van der Waals surface area contributed by atoms with E-state index in [2.05, 4.69) is 15.6 Å². The predicted octanol–water partition coefficient (Wildman–Crippen LogP) is 2.02. The molecule has 12 heteroatoms. The maximum absolute atomic E-state index is 13.6. The first-order valence-electron chi connectivity index (χ1n) is 8.34. The van der Waals surface area contributed by atoms with Crippen LogP contribution in [0.15, 0.2) is 34.2 Å². The number of hydrogen-bond acceptors (Lipinski definition) is 4. The topological polar surface area (TPSA) is 73.8 Å². The van der Waals surface area contributed by atoms with Crippen molar-refractivity contribution in [2.24, 2.45) is 4.99 Å². The molecule has 1 aliphatic rings. The van der Waals surface area contributed by atoms with E-state index < -0.39 is 28.4 Å². The Kier molecular flexibility index (Phi) is 9.40. The summed E-state index contributed by atoms with van der Waals surface area (Å²) in [5.41, 5.74) is 0. The molecule has 2 N–H and O–H groups in total. The van der Waals surface area contributed by atoms with Crippen LogP contribution in [0.1, 0.15) is 6.42 Å². The van der Waals surface area contributed by atoms with Gasteiger partial charge in [0.15, 0.2) is 15.8 Å². The van der Waals surface area contributed by atoms with Gasteiger partial charge in [0.05, 0.1) is 12.3 Å². The summed E-state index contributed by atoms with van der Waals surface area (Å²) in [6.07, 6.45) is -3.72. The zero-order chi connectivity index (χ0) is 20.1. The average molecular weight is 538 g/mol. The lowest BCUT2D eigenvalue weighted by Gasteiger charge is -2.19. The molecule has 0 spiro atoms. The highest BCUT2D eigenvalue weighted by Crippen LogP contribution is 2.20. The summed E-state index contributed by atoms with van der Waals surface area (Å²) in [7, 11) is -2.33. The van der Waals surface area contributed by atoms with Crippen LogP contribution >= 0.6 is 24.0 Å². The standard InChI is InChI=1S/C16H22F4N4O2S.HI/c1-21-15(23-12-6-8-24(10-12)11-16(18,19)20)22-7-9-27(25,26)14-5-3-2-4-13(14)17;/h2-5,12H,6-11H2,1H3,(H2,21,22,23);1H. The van der Waals surface area contributed by atoms with E-state index >= 15 is 0 Å². The van der Waals surface area contributed by atoms with E-state index in [1.807, 2.05) is 0 Å². The molecule has 6 nitrogen and oxygen atoms in total. The lowest BCUT2D eigenvalue weighted by molar-refractivity contribution is -0.143. The van der Waals surface area contributed by atoms with Crippen molar-refractivity contribution in [3.8, 4) is 0 Å². The van der Waals surface area contributed by atoms with Crippen molar-refractivity contribution in [1.29, 1.82) is 0 Å². The van der Waals surface area contributed by atoms with Crippen LogP contribution in [0.4, 0.5) is 17.6 Å². The van der Waals surface area contributed by atoms with Crippen molar-refractivity contribution in [3.05, 3.63) is 30.1 Å². The molecule has 1 aliphatic heterocycles. The molecule has 1 unspecified atom stereocenters. The highest BCUT2D eigenvalue weighted by atomic mass is 127. The molecule has 1 saturated heterocycles. The molecular formula is C16H23F4IN4O2S. The molecule has 28 heavy (non-hydrogen) atoms. The van der Waals surface area contributed by atoms with Gasteiger partial charge < -0.3 is 10.6 Å². The van der Waals surface area contributed by atoms with E-state index in [-0.39, 0.29) is 59.7 Å². The number of alkyl halides is 3. The molecule has 0 saturated carbocycles. The van der Waals surface area contributed by atoms with E-state index in [0.717, 1.165) is 6.07 Å². The van der Waals surface area contributed by atoms with Crippen LogP contribution < -0.4 is 10.6 Å². The van der Waals surface area contributed by atoms with Crippen LogP contribution in [0.3, 0.4) is 0 Å². The van der Waals surface area contributed by atoms with Gasteiger partial charge in [0.2, 0.25) is 0 Å². The first-order chi connectivity index (χ1) is 12.6. The molecule has 0 aliphatic carbocycles. The van der Waals surface area contributed by atoms with Gasteiger partial charge in [-0.1, -0.05) is 12.1 Å². The number of nitrogens with zero attached hydrogens (tertiary/aromatic N) is 2. The van der Waals surface area contributed by atoms with Gasteiger partial charge in [0.25, 0.3) is 0 Å². The number of hydrogen-bond donors (Lipinski definition) is 2. The number of rotatable bonds is 6. The molecule has 160 valence electrons. The molecule has 0 bridgehead atoms. The second-order valence-corrected chi connectivity index (χ2v) is 8.31. The minimum Gasteiger partial charge on any atom is -0.355 e. The third-order valence-electron chi connectivity index (χ3n) is 4.07. The Bertz CT molecular complexity index is 774. The minimum atomic E-state index is -4.24. The molecule has 1 aromatic rings. The van der Waals surface area contributed by atoms with Crippen LogP contribution in [0.5, 0.6) is 0 Å². The van der Waals surface area contributed by atoms with Gasteiger partial charge in [0.1, 0.15) is 10.7 Å². The number of likely N-dealkylation sites (tertiary alicyclic amines) is 1. The lowest BCUT2D eigenvalue weighted by Crippen LogP contribution is -2.46. The fourth-order valence-electron chi connectivity index (χ4n) is 2.85. The average Bonchev–Trinajstić information content (AvgIpc) is 2.99. The second kappa shape index (κ2) is 10.6. The van der Waals surface area contributed by atoms with Crippen LogP contribution in [0.2, 0.25) is 0 Å². The number of nitrogens with one attached hydrogen (secondary N) is 2. The van der Waals surface area contributed by atoms with Gasteiger partial charge in [0, 0.05) is 32.7 Å². The van der Waals surface area contributed by atoms with Crippen LogP contribution in [-0.2, 0) is 9.84 Å². The highest BCUT2D eigenvalue weighted by Gasteiger charge is 2.34. The van der Waals surface area contributed by atoms with Crippen molar-refractivity contribution in [1.82, 2.24) is 15.5 Å². The van der Waals surface area contributed by atoms with Crippen LogP contribution in [0, 0.1) is 5.82 Å². The first kappa shape index (κ1) is 24.9. The normalized spacial score (nSPS) is 18.6. The van der Waals surface area contributed by atoms with E-state index in [4.69, 9.17) is 0 Å². The van der Waals surface area contributed by atoms with Crippen molar-refractivity contribution in [2.75, 3.05) is 39.0 Å². The number of guanidine groups is 1. The molecule has 1 atom stereocenters. The summed E-state index contributed by atoms with van der Waals surface area (Å²) >= 11 is 0. The molecule has 0 radical (unpaired) electrons. The van der Waals surface area contributed by atoms with Gasteiger partial charge in [-0.15, -0.1) is 24.0 Å². The molecule has 1 aromatic carbocycles. The van der Waals surface area contributed by atoms with Crippen LogP contribution in [-0.4, -0.2) is 70.5 Å². The SMILES string of the molecule is CN=C(NCCS(=O)(=O)c1ccccc1F)NC1CCN(CC(F)(F)F)C1.I. The van der Waals surface area contributed by atoms with E-state index in [1.54, 1.807) is 0 Å². The van der Waals surface area contributed by atoms with Gasteiger partial charge in [-0.3, -0.25) is 9.89 Å². The first-order valence-corrected chi connectivity index (χ1v) is 9.99. The maximum Gasteiger partial charge on any atom is 0.401 e.